The van der Waals surface area contributed by atoms with E-state index in [4.69, 9.17) is 0 Å². The predicted molar refractivity (Wildman–Crippen MR) is 80.7 cm³/mol. The summed E-state index contributed by atoms with van der Waals surface area (Å²) in [6.45, 7) is 0. The van der Waals surface area contributed by atoms with E-state index in [1.807, 2.05) is 6.07 Å². The Balaban J connectivity index is 1.52. The number of nitrogens with one attached hydrogen (secondary N) is 2. The standard InChI is InChI=1S/C17H22N2O3/c20-15(13-8-11-3-1-2-4-12(11)18-13)19-14-7-10-5-6-17(14,9-10)16(21)22/h8,10,14,18H,1-7,9H2,(H,19,20)(H,21,22). The number of aromatic amines is 1. The molecule has 0 radical (unpaired) electrons. The Hall–Kier alpha value is -1.78. The van der Waals surface area contributed by atoms with Crippen molar-refractivity contribution in [1.82, 2.24) is 10.3 Å². The summed E-state index contributed by atoms with van der Waals surface area (Å²) in [4.78, 5) is 27.5. The highest BCUT2D eigenvalue weighted by atomic mass is 16.4. The van der Waals surface area contributed by atoms with E-state index in [1.54, 1.807) is 0 Å². The molecule has 118 valence electrons. The summed E-state index contributed by atoms with van der Waals surface area (Å²) in [5.74, 6) is -0.436. The van der Waals surface area contributed by atoms with Gasteiger partial charge in [-0.3, -0.25) is 9.59 Å². The minimum absolute atomic E-state index is 0.146. The van der Waals surface area contributed by atoms with Crippen LogP contribution in [-0.4, -0.2) is 28.0 Å². The van der Waals surface area contributed by atoms with Crippen molar-refractivity contribution in [3.05, 3.63) is 23.0 Å². The summed E-state index contributed by atoms with van der Waals surface area (Å²) in [5.41, 5.74) is 2.29. The Labute approximate surface area is 129 Å². The van der Waals surface area contributed by atoms with Gasteiger partial charge in [-0.05, 0) is 68.9 Å². The molecular weight excluding hydrogens is 280 g/mol. The average molecular weight is 302 g/mol. The van der Waals surface area contributed by atoms with Crippen molar-refractivity contribution in [3.63, 3.8) is 0 Å². The van der Waals surface area contributed by atoms with E-state index in [1.165, 1.54) is 24.1 Å². The maximum atomic E-state index is 12.5. The van der Waals surface area contributed by atoms with Crippen LogP contribution in [0.15, 0.2) is 6.07 Å². The molecule has 1 aromatic rings. The van der Waals surface area contributed by atoms with Crippen molar-refractivity contribution in [2.45, 2.75) is 57.4 Å². The molecule has 1 aromatic heterocycles. The first-order valence-electron chi connectivity index (χ1n) is 8.33. The summed E-state index contributed by atoms with van der Waals surface area (Å²) >= 11 is 0. The number of carbonyl (C=O) groups is 2. The molecule has 22 heavy (non-hydrogen) atoms. The molecule has 3 atom stereocenters. The SMILES string of the molecule is O=C(NC1CC2CCC1(C(=O)O)C2)c1cc2c([nH]1)CCCC2. The number of hydrogen-bond donors (Lipinski definition) is 3. The normalized spacial score (nSPS) is 32.7. The van der Waals surface area contributed by atoms with E-state index in [2.05, 4.69) is 10.3 Å². The van der Waals surface area contributed by atoms with Crippen molar-refractivity contribution in [3.8, 4) is 0 Å². The van der Waals surface area contributed by atoms with Crippen LogP contribution >= 0.6 is 0 Å². The van der Waals surface area contributed by atoms with Crippen LogP contribution in [-0.2, 0) is 17.6 Å². The number of aliphatic carboxylic acids is 1. The van der Waals surface area contributed by atoms with Gasteiger partial charge in [-0.15, -0.1) is 0 Å². The molecule has 0 aliphatic heterocycles. The summed E-state index contributed by atoms with van der Waals surface area (Å²) in [6, 6.07) is 1.72. The lowest BCUT2D eigenvalue weighted by atomic mass is 9.80. The van der Waals surface area contributed by atoms with Gasteiger partial charge in [0.1, 0.15) is 5.69 Å². The molecule has 2 bridgehead atoms. The van der Waals surface area contributed by atoms with Crippen molar-refractivity contribution in [2.75, 3.05) is 0 Å². The Morgan fingerprint density at radius 1 is 1.32 bits per heavy atom. The Morgan fingerprint density at radius 2 is 2.14 bits per heavy atom. The number of hydrogen-bond acceptors (Lipinski definition) is 2. The lowest BCUT2D eigenvalue weighted by molar-refractivity contribution is -0.149. The van der Waals surface area contributed by atoms with Gasteiger partial charge in [0, 0.05) is 11.7 Å². The third kappa shape index (κ3) is 1.98. The second-order valence-corrected chi connectivity index (χ2v) is 7.23. The third-order valence-electron chi connectivity index (χ3n) is 5.98. The highest BCUT2D eigenvalue weighted by molar-refractivity contribution is 5.93. The van der Waals surface area contributed by atoms with Gasteiger partial charge in [-0.2, -0.15) is 0 Å². The first-order chi connectivity index (χ1) is 10.6. The highest BCUT2D eigenvalue weighted by Gasteiger charge is 2.57. The first kappa shape index (κ1) is 13.9. The lowest BCUT2D eigenvalue weighted by Crippen LogP contribution is -2.49. The second-order valence-electron chi connectivity index (χ2n) is 7.23. The van der Waals surface area contributed by atoms with Gasteiger partial charge >= 0.3 is 5.97 Å². The third-order valence-corrected chi connectivity index (χ3v) is 5.98. The van der Waals surface area contributed by atoms with Crippen LogP contribution in [0.4, 0.5) is 0 Å². The zero-order valence-corrected chi connectivity index (χ0v) is 12.7. The van der Waals surface area contributed by atoms with E-state index >= 15 is 0 Å². The summed E-state index contributed by atoms with van der Waals surface area (Å²) in [7, 11) is 0. The second kappa shape index (κ2) is 4.86. The van der Waals surface area contributed by atoms with Crippen molar-refractivity contribution < 1.29 is 14.7 Å². The van der Waals surface area contributed by atoms with Crippen LogP contribution in [0.5, 0.6) is 0 Å². The van der Waals surface area contributed by atoms with Gasteiger partial charge in [0.25, 0.3) is 5.91 Å². The minimum atomic E-state index is -0.747. The Bertz CT molecular complexity index is 612. The van der Waals surface area contributed by atoms with Gasteiger partial charge < -0.3 is 15.4 Å². The quantitative estimate of drug-likeness (QED) is 0.801. The van der Waals surface area contributed by atoms with Crippen LogP contribution in [0.1, 0.15) is 60.3 Å². The molecule has 3 N–H and O–H groups in total. The van der Waals surface area contributed by atoms with Gasteiger partial charge in [0.15, 0.2) is 0 Å². The largest absolute Gasteiger partial charge is 0.481 e. The molecule has 0 aromatic carbocycles. The van der Waals surface area contributed by atoms with Crippen molar-refractivity contribution in [2.24, 2.45) is 11.3 Å². The van der Waals surface area contributed by atoms with Gasteiger partial charge in [-0.25, -0.2) is 0 Å². The number of fused-ring (bicyclic) bond motifs is 3. The average Bonchev–Trinajstić information content (AvgIpc) is 3.19. The van der Waals surface area contributed by atoms with E-state index in [-0.39, 0.29) is 11.9 Å². The van der Waals surface area contributed by atoms with Crippen LogP contribution in [0.3, 0.4) is 0 Å². The number of rotatable bonds is 3. The fourth-order valence-corrected chi connectivity index (χ4v) is 4.76. The summed E-state index contributed by atoms with van der Waals surface area (Å²) < 4.78 is 0. The monoisotopic (exact) mass is 302 g/mol. The number of aromatic nitrogens is 1. The maximum absolute atomic E-state index is 12.5. The van der Waals surface area contributed by atoms with Crippen LogP contribution < -0.4 is 5.32 Å². The van der Waals surface area contributed by atoms with E-state index in [0.717, 1.165) is 25.7 Å². The Morgan fingerprint density at radius 3 is 2.86 bits per heavy atom. The summed E-state index contributed by atoms with van der Waals surface area (Å²) in [5, 5.41) is 12.6. The molecule has 2 saturated carbocycles. The van der Waals surface area contributed by atoms with Crippen molar-refractivity contribution >= 4 is 11.9 Å². The zero-order valence-electron chi connectivity index (χ0n) is 12.7. The molecule has 5 heteroatoms. The zero-order chi connectivity index (χ0) is 15.3. The van der Waals surface area contributed by atoms with Crippen LogP contribution in [0, 0.1) is 11.3 Å². The van der Waals surface area contributed by atoms with Crippen LogP contribution in [0.2, 0.25) is 0 Å². The summed E-state index contributed by atoms with van der Waals surface area (Å²) in [6.07, 6.45) is 7.58. The number of carboxylic acid groups (broad SMARTS) is 1. The van der Waals surface area contributed by atoms with Gasteiger partial charge in [-0.1, -0.05) is 0 Å². The number of amides is 1. The molecule has 0 spiro atoms. The molecule has 4 rings (SSSR count). The molecule has 5 nitrogen and oxygen atoms in total. The van der Waals surface area contributed by atoms with Gasteiger partial charge in [0.05, 0.1) is 5.41 Å². The first-order valence-corrected chi connectivity index (χ1v) is 8.33. The Kier molecular flexibility index (Phi) is 3.06. The number of H-pyrrole nitrogens is 1. The molecule has 3 unspecified atom stereocenters. The topological polar surface area (TPSA) is 82.2 Å². The van der Waals surface area contributed by atoms with Crippen LogP contribution in [0.25, 0.3) is 0 Å². The number of carbonyl (C=O) groups excluding carboxylic acids is 1. The molecular formula is C17H22N2O3. The fraction of sp³-hybridized carbons (Fsp3) is 0.647. The predicted octanol–water partition coefficient (Wildman–Crippen LogP) is 2.27. The molecule has 2 fully saturated rings. The molecule has 0 saturated heterocycles. The minimum Gasteiger partial charge on any atom is -0.481 e. The molecule has 1 heterocycles. The molecule has 3 aliphatic rings. The van der Waals surface area contributed by atoms with Gasteiger partial charge in [0.2, 0.25) is 0 Å². The number of aryl methyl sites for hydroxylation is 2. The van der Waals surface area contributed by atoms with Crippen molar-refractivity contribution in [1.29, 1.82) is 0 Å². The molecule has 1 amide bonds. The highest BCUT2D eigenvalue weighted by Crippen LogP contribution is 2.54. The maximum Gasteiger partial charge on any atom is 0.311 e. The number of carboxylic acids is 1. The van der Waals surface area contributed by atoms with E-state index in [0.29, 0.717) is 24.5 Å². The fourth-order valence-electron chi connectivity index (χ4n) is 4.76. The van der Waals surface area contributed by atoms with E-state index in [9.17, 15) is 14.7 Å². The lowest BCUT2D eigenvalue weighted by Gasteiger charge is -2.31. The smallest absolute Gasteiger partial charge is 0.311 e. The van der Waals surface area contributed by atoms with E-state index < -0.39 is 11.4 Å². The molecule has 3 aliphatic carbocycles.